The van der Waals surface area contributed by atoms with E-state index < -0.39 is 0 Å². The van der Waals surface area contributed by atoms with Crippen molar-refractivity contribution in [3.63, 3.8) is 0 Å². The minimum atomic E-state index is 0.419. The van der Waals surface area contributed by atoms with E-state index in [1.54, 1.807) is 0 Å². The van der Waals surface area contributed by atoms with E-state index in [0.717, 1.165) is 11.6 Å². The Kier molecular flexibility index (Phi) is 1.79. The summed E-state index contributed by atoms with van der Waals surface area (Å²) in [4.78, 5) is 0. The van der Waals surface area contributed by atoms with E-state index in [1.165, 1.54) is 12.8 Å². The molecule has 2 rings (SSSR count). The topological polar surface area (TPSA) is 38.1 Å². The van der Waals surface area contributed by atoms with Gasteiger partial charge in [-0.2, -0.15) is 0 Å². The summed E-state index contributed by atoms with van der Waals surface area (Å²) in [6.45, 7) is 4.18. The smallest absolute Gasteiger partial charge is 0.169 e. The molecule has 0 unspecified atom stereocenters. The molecule has 1 N–H and O–H groups in total. The average molecular weight is 166 g/mol. The van der Waals surface area contributed by atoms with Crippen LogP contribution in [0, 0.1) is 0 Å². The molecule has 1 aliphatic rings. The molecule has 1 heterocycles. The number of nitrogens with zero attached hydrogens (tertiary/aromatic N) is 1. The highest BCUT2D eigenvalue weighted by Gasteiger charge is 2.27. The van der Waals surface area contributed by atoms with Crippen LogP contribution in [0.2, 0.25) is 0 Å². The molecule has 0 saturated heterocycles. The van der Waals surface area contributed by atoms with Gasteiger partial charge in [0.05, 0.1) is 0 Å². The van der Waals surface area contributed by atoms with Gasteiger partial charge in [-0.15, -0.1) is 0 Å². The quantitative estimate of drug-likeness (QED) is 0.749. The molecule has 0 amide bonds. The summed E-state index contributed by atoms with van der Waals surface area (Å²) in [5.41, 5.74) is 0. The fourth-order valence-corrected chi connectivity index (χ4v) is 1.21. The number of nitrogens with one attached hydrogen (secondary N) is 1. The molecule has 0 radical (unpaired) electrons. The maximum Gasteiger partial charge on any atom is 0.169 e. The van der Waals surface area contributed by atoms with Gasteiger partial charge < -0.3 is 9.84 Å². The molecule has 0 atom stereocenters. The summed E-state index contributed by atoms with van der Waals surface area (Å²) in [6.07, 6.45) is 2.52. The minimum absolute atomic E-state index is 0.419. The van der Waals surface area contributed by atoms with E-state index in [2.05, 4.69) is 24.3 Å². The van der Waals surface area contributed by atoms with Gasteiger partial charge in [-0.1, -0.05) is 5.16 Å². The maximum absolute atomic E-state index is 5.18. The first-order valence-electron chi connectivity index (χ1n) is 4.49. The van der Waals surface area contributed by atoms with Gasteiger partial charge in [-0.05, 0) is 26.7 Å². The molecule has 1 fully saturated rings. The standard InChI is InChI=1S/C9H14N2O/c1-6(2)10-9-5-8(12-11-9)7-3-4-7/h5-7H,3-4H2,1-2H3,(H,10,11). The van der Waals surface area contributed by atoms with Crippen molar-refractivity contribution in [2.24, 2.45) is 0 Å². The third kappa shape index (κ3) is 1.60. The van der Waals surface area contributed by atoms with E-state index in [1.807, 2.05) is 6.07 Å². The summed E-state index contributed by atoms with van der Waals surface area (Å²) in [6, 6.07) is 2.43. The average Bonchev–Trinajstić information content (AvgIpc) is 2.73. The molecular weight excluding hydrogens is 152 g/mol. The van der Waals surface area contributed by atoms with Crippen molar-refractivity contribution in [1.29, 1.82) is 0 Å². The van der Waals surface area contributed by atoms with Crippen LogP contribution in [0.4, 0.5) is 5.82 Å². The number of rotatable bonds is 3. The van der Waals surface area contributed by atoms with Crippen LogP contribution in [0.1, 0.15) is 38.4 Å². The molecule has 0 aliphatic heterocycles. The first kappa shape index (κ1) is 7.65. The first-order valence-corrected chi connectivity index (χ1v) is 4.49. The number of hydrogen-bond acceptors (Lipinski definition) is 3. The van der Waals surface area contributed by atoms with E-state index in [-0.39, 0.29) is 0 Å². The SMILES string of the molecule is CC(C)Nc1cc(C2CC2)on1. The first-order chi connectivity index (χ1) is 5.75. The van der Waals surface area contributed by atoms with Crippen LogP contribution in [0.15, 0.2) is 10.6 Å². The monoisotopic (exact) mass is 166 g/mol. The molecule has 12 heavy (non-hydrogen) atoms. The molecular formula is C9H14N2O. The van der Waals surface area contributed by atoms with E-state index in [4.69, 9.17) is 4.52 Å². The summed E-state index contributed by atoms with van der Waals surface area (Å²) in [5, 5.41) is 7.13. The zero-order valence-electron chi connectivity index (χ0n) is 7.50. The molecule has 0 bridgehead atoms. The predicted octanol–water partition coefficient (Wildman–Crippen LogP) is 2.37. The summed E-state index contributed by atoms with van der Waals surface area (Å²) >= 11 is 0. The van der Waals surface area contributed by atoms with Crippen molar-refractivity contribution in [3.05, 3.63) is 11.8 Å². The van der Waals surface area contributed by atoms with Gasteiger partial charge in [0, 0.05) is 18.0 Å². The molecule has 3 nitrogen and oxygen atoms in total. The Labute approximate surface area is 72.1 Å². The van der Waals surface area contributed by atoms with Gasteiger partial charge in [0.2, 0.25) is 0 Å². The van der Waals surface area contributed by atoms with Crippen LogP contribution in [0.5, 0.6) is 0 Å². The van der Waals surface area contributed by atoms with Gasteiger partial charge in [0.1, 0.15) is 5.76 Å². The van der Waals surface area contributed by atoms with Gasteiger partial charge >= 0.3 is 0 Å². The van der Waals surface area contributed by atoms with Gasteiger partial charge in [-0.25, -0.2) is 0 Å². The lowest BCUT2D eigenvalue weighted by Crippen LogP contribution is -2.09. The lowest BCUT2D eigenvalue weighted by atomic mass is 10.3. The van der Waals surface area contributed by atoms with Crippen LogP contribution in [-0.4, -0.2) is 11.2 Å². The van der Waals surface area contributed by atoms with Crippen LogP contribution in [0.3, 0.4) is 0 Å². The summed E-state index contributed by atoms with van der Waals surface area (Å²) in [5.74, 6) is 2.56. The second-order valence-electron chi connectivity index (χ2n) is 3.69. The molecule has 3 heteroatoms. The number of aromatic nitrogens is 1. The molecule has 0 aromatic carbocycles. The summed E-state index contributed by atoms with van der Waals surface area (Å²) < 4.78 is 5.18. The predicted molar refractivity (Wildman–Crippen MR) is 47.2 cm³/mol. The lowest BCUT2D eigenvalue weighted by molar-refractivity contribution is 0.386. The molecule has 1 aromatic heterocycles. The Bertz CT molecular complexity index is 263. The van der Waals surface area contributed by atoms with Crippen molar-refractivity contribution >= 4 is 5.82 Å². The van der Waals surface area contributed by atoms with Crippen molar-refractivity contribution in [1.82, 2.24) is 5.16 Å². The maximum atomic E-state index is 5.18. The Morgan fingerprint density at radius 1 is 1.58 bits per heavy atom. The largest absolute Gasteiger partial charge is 0.365 e. The van der Waals surface area contributed by atoms with Crippen molar-refractivity contribution in [2.75, 3.05) is 5.32 Å². The van der Waals surface area contributed by atoms with Gasteiger partial charge in [0.25, 0.3) is 0 Å². The normalized spacial score (nSPS) is 16.9. The highest BCUT2D eigenvalue weighted by molar-refractivity contribution is 5.36. The Morgan fingerprint density at radius 3 is 2.92 bits per heavy atom. The van der Waals surface area contributed by atoms with Crippen LogP contribution >= 0.6 is 0 Å². The zero-order valence-corrected chi connectivity index (χ0v) is 7.50. The summed E-state index contributed by atoms with van der Waals surface area (Å²) in [7, 11) is 0. The van der Waals surface area contributed by atoms with Crippen molar-refractivity contribution < 1.29 is 4.52 Å². The highest BCUT2D eigenvalue weighted by atomic mass is 16.5. The Hall–Kier alpha value is -0.990. The van der Waals surface area contributed by atoms with Gasteiger partial charge in [-0.3, -0.25) is 0 Å². The highest BCUT2D eigenvalue weighted by Crippen LogP contribution is 2.40. The minimum Gasteiger partial charge on any atom is -0.365 e. The van der Waals surface area contributed by atoms with Gasteiger partial charge in [0.15, 0.2) is 5.82 Å². The second-order valence-corrected chi connectivity index (χ2v) is 3.69. The number of hydrogen-bond donors (Lipinski definition) is 1. The van der Waals surface area contributed by atoms with Crippen molar-refractivity contribution in [2.45, 2.75) is 38.6 Å². The Morgan fingerprint density at radius 2 is 2.33 bits per heavy atom. The fourth-order valence-electron chi connectivity index (χ4n) is 1.21. The van der Waals surface area contributed by atoms with E-state index in [9.17, 15) is 0 Å². The number of anilines is 1. The van der Waals surface area contributed by atoms with Crippen LogP contribution in [-0.2, 0) is 0 Å². The van der Waals surface area contributed by atoms with Crippen LogP contribution in [0.25, 0.3) is 0 Å². The lowest BCUT2D eigenvalue weighted by Gasteiger charge is -2.03. The molecule has 0 spiro atoms. The third-order valence-electron chi connectivity index (χ3n) is 1.94. The molecule has 66 valence electrons. The van der Waals surface area contributed by atoms with Crippen molar-refractivity contribution in [3.8, 4) is 0 Å². The van der Waals surface area contributed by atoms with Crippen LogP contribution < -0.4 is 5.32 Å². The zero-order chi connectivity index (χ0) is 8.55. The van der Waals surface area contributed by atoms with E-state index >= 15 is 0 Å². The molecule has 1 aliphatic carbocycles. The van der Waals surface area contributed by atoms with E-state index in [0.29, 0.717) is 12.0 Å². The molecule has 1 aromatic rings. The third-order valence-corrected chi connectivity index (χ3v) is 1.94. The molecule has 1 saturated carbocycles. The fraction of sp³-hybridized carbons (Fsp3) is 0.667. The second kappa shape index (κ2) is 2.81. The Balaban J connectivity index is 2.03.